The largest absolute Gasteiger partial charge is 0.472 e. The lowest BCUT2D eigenvalue weighted by molar-refractivity contribution is -0.220. The number of hydrogen-bond donors (Lipinski definition) is 6. The molecule has 0 aliphatic heterocycles. The van der Waals surface area contributed by atoms with E-state index >= 15 is 0 Å². The van der Waals surface area contributed by atoms with Crippen molar-refractivity contribution in [3.8, 4) is 0 Å². The number of hydrogen-bond acceptors (Lipinski definition) is 11. The Hall–Kier alpha value is -1.96. The molecule has 0 saturated heterocycles. The molecule has 12 nitrogen and oxygen atoms in total. The van der Waals surface area contributed by atoms with E-state index in [1.807, 2.05) is 0 Å². The summed E-state index contributed by atoms with van der Waals surface area (Å²) in [5.74, 6) is -0.479. The van der Waals surface area contributed by atoms with E-state index in [9.17, 15) is 39.8 Å². The molecule has 1 fully saturated rings. The first-order chi connectivity index (χ1) is 35.0. The van der Waals surface area contributed by atoms with Gasteiger partial charge in [0.25, 0.3) is 0 Å². The van der Waals surface area contributed by atoms with Crippen molar-refractivity contribution in [2.24, 2.45) is 0 Å². The van der Waals surface area contributed by atoms with Crippen LogP contribution < -0.4 is 0 Å². The van der Waals surface area contributed by atoms with Crippen LogP contribution in [0.25, 0.3) is 0 Å². The highest BCUT2D eigenvalue weighted by Gasteiger charge is 2.51. The van der Waals surface area contributed by atoms with Crippen LogP contribution in [0.2, 0.25) is 0 Å². The Balaban J connectivity index is 2.28. The van der Waals surface area contributed by atoms with Gasteiger partial charge in [-0.1, -0.05) is 222 Å². The average molecular weight is 1040 g/mol. The van der Waals surface area contributed by atoms with Crippen LogP contribution >= 0.6 is 7.82 Å². The van der Waals surface area contributed by atoms with Gasteiger partial charge in [0, 0.05) is 13.0 Å². The monoisotopic (exact) mass is 1040 g/mol. The minimum absolute atomic E-state index is 0.0803. The smallest absolute Gasteiger partial charge is 0.457 e. The van der Waals surface area contributed by atoms with Crippen LogP contribution in [0.5, 0.6) is 0 Å². The van der Waals surface area contributed by atoms with Gasteiger partial charge in [-0.25, -0.2) is 4.57 Å². The van der Waals surface area contributed by atoms with Gasteiger partial charge in [0.15, 0.2) is 0 Å². The standard InChI is InChI=1S/C59H107O12P/c1-3-5-7-9-11-13-15-17-19-21-23-25-26-27-29-31-33-35-37-39-41-43-45-47-49-68-50-52(51-69-72(66,67)71-59-57(64)55(62)54(61)56(63)58(59)65)70-53(60)48-46-44-42-40-38-36-34-32-30-28-24-22-20-18-16-14-12-10-8-6-4-2/h5,7,11,13,17,19,22-25,52,54-59,61-65H,3-4,6,8-10,12,14-16,18,20-21,26-51H2,1-2H3,(H,66,67)/b7-5-,13-11-,19-17-,24-22-,25-23-. The predicted molar refractivity (Wildman–Crippen MR) is 295 cm³/mol. The molecule has 6 atom stereocenters. The van der Waals surface area contributed by atoms with E-state index in [1.165, 1.54) is 148 Å². The van der Waals surface area contributed by atoms with Gasteiger partial charge >= 0.3 is 13.8 Å². The fourth-order valence-electron chi connectivity index (χ4n) is 8.81. The Labute approximate surface area is 438 Å². The second kappa shape index (κ2) is 48.7. The number of aliphatic hydroxyl groups is 5. The molecule has 1 rings (SSSR count). The fourth-order valence-corrected chi connectivity index (χ4v) is 9.79. The highest BCUT2D eigenvalue weighted by molar-refractivity contribution is 7.47. The highest BCUT2D eigenvalue weighted by Crippen LogP contribution is 2.47. The molecule has 0 aromatic rings. The van der Waals surface area contributed by atoms with Crippen LogP contribution in [0.1, 0.15) is 245 Å². The number of allylic oxidation sites excluding steroid dienone is 10. The Morgan fingerprint density at radius 3 is 1.26 bits per heavy atom. The SMILES string of the molecule is CC/C=C\C/C=C\C/C=C\C/C=C\CCCCCCCCCCCCCOCC(COP(=O)(O)OC1C(O)C(O)C(O)C(O)C1O)OC(=O)CCCCCCCCCCC/C=C\CCCCCCCCCC. The van der Waals surface area contributed by atoms with Gasteiger partial charge in [0.1, 0.15) is 42.7 Å². The Morgan fingerprint density at radius 2 is 0.819 bits per heavy atom. The Morgan fingerprint density at radius 1 is 0.458 bits per heavy atom. The number of phosphoric ester groups is 1. The first-order valence-corrected chi connectivity index (χ1v) is 30.6. The van der Waals surface area contributed by atoms with E-state index in [0.717, 1.165) is 70.6 Å². The molecule has 6 N–H and O–H groups in total. The molecular formula is C59H107O12P. The van der Waals surface area contributed by atoms with Crippen LogP contribution in [0, 0.1) is 0 Å². The number of carbonyl (C=O) groups excluding carboxylic acids is 1. The molecule has 0 amide bonds. The Bertz CT molecular complexity index is 1420. The van der Waals surface area contributed by atoms with Crippen LogP contribution in [0.3, 0.4) is 0 Å². The van der Waals surface area contributed by atoms with Crippen molar-refractivity contribution in [1.29, 1.82) is 0 Å². The van der Waals surface area contributed by atoms with Gasteiger partial charge in [0.05, 0.1) is 13.2 Å². The summed E-state index contributed by atoms with van der Waals surface area (Å²) in [5, 5.41) is 50.4. The normalized spacial score (nSPS) is 21.1. The summed E-state index contributed by atoms with van der Waals surface area (Å²) in [6.45, 7) is 4.18. The molecule has 1 aliphatic carbocycles. The van der Waals surface area contributed by atoms with Crippen LogP contribution in [-0.4, -0.2) is 98.9 Å². The first kappa shape index (κ1) is 68.1. The molecule has 0 aromatic carbocycles. The maximum absolute atomic E-state index is 12.9. The van der Waals surface area contributed by atoms with E-state index in [0.29, 0.717) is 13.0 Å². The number of esters is 1. The number of aliphatic hydroxyl groups excluding tert-OH is 5. The lowest BCUT2D eigenvalue weighted by Crippen LogP contribution is -2.64. The van der Waals surface area contributed by atoms with Gasteiger partial charge in [-0.15, -0.1) is 0 Å². The molecule has 13 heteroatoms. The number of unbranched alkanes of at least 4 members (excludes halogenated alkanes) is 28. The highest BCUT2D eigenvalue weighted by atomic mass is 31.2. The van der Waals surface area contributed by atoms with E-state index in [1.54, 1.807) is 0 Å². The zero-order valence-electron chi connectivity index (χ0n) is 45.5. The van der Waals surface area contributed by atoms with Crippen molar-refractivity contribution in [2.75, 3.05) is 19.8 Å². The summed E-state index contributed by atoms with van der Waals surface area (Å²) in [4.78, 5) is 23.3. The van der Waals surface area contributed by atoms with Crippen molar-refractivity contribution in [3.63, 3.8) is 0 Å². The third-order valence-electron chi connectivity index (χ3n) is 13.4. The van der Waals surface area contributed by atoms with Crippen LogP contribution in [0.15, 0.2) is 60.8 Å². The van der Waals surface area contributed by atoms with Crippen molar-refractivity contribution in [2.45, 2.75) is 288 Å². The topological polar surface area (TPSA) is 192 Å². The quantitative estimate of drug-likeness (QED) is 0.0146. The minimum Gasteiger partial charge on any atom is -0.457 e. The first-order valence-electron chi connectivity index (χ1n) is 29.1. The van der Waals surface area contributed by atoms with Gasteiger partial charge in [-0.3, -0.25) is 13.8 Å². The second-order valence-corrected chi connectivity index (χ2v) is 21.5. The third-order valence-corrected chi connectivity index (χ3v) is 14.4. The van der Waals surface area contributed by atoms with Crippen molar-refractivity contribution in [1.82, 2.24) is 0 Å². The van der Waals surface area contributed by atoms with Gasteiger partial charge in [0.2, 0.25) is 0 Å². The molecule has 0 heterocycles. The maximum atomic E-state index is 12.9. The maximum Gasteiger partial charge on any atom is 0.472 e. The molecule has 1 aliphatic rings. The molecule has 0 aromatic heterocycles. The predicted octanol–water partition coefficient (Wildman–Crippen LogP) is 14.1. The molecule has 0 bridgehead atoms. The zero-order valence-corrected chi connectivity index (χ0v) is 46.4. The van der Waals surface area contributed by atoms with Crippen molar-refractivity contribution in [3.05, 3.63) is 60.8 Å². The summed E-state index contributed by atoms with van der Waals surface area (Å²) in [6.07, 6.45) is 51.4. The number of carbonyl (C=O) groups is 1. The minimum atomic E-state index is -5.03. The molecule has 1 saturated carbocycles. The van der Waals surface area contributed by atoms with Crippen molar-refractivity contribution >= 4 is 13.8 Å². The van der Waals surface area contributed by atoms with E-state index in [4.69, 9.17) is 18.5 Å². The lowest BCUT2D eigenvalue weighted by Gasteiger charge is -2.41. The Kier molecular flexibility index (Phi) is 46.0. The summed E-state index contributed by atoms with van der Waals surface area (Å²) in [6, 6.07) is 0. The summed E-state index contributed by atoms with van der Waals surface area (Å²) < 4.78 is 34.4. The lowest BCUT2D eigenvalue weighted by atomic mass is 9.85. The van der Waals surface area contributed by atoms with Gasteiger partial charge in [-0.2, -0.15) is 0 Å². The fraction of sp³-hybridized carbons (Fsp3) is 0.814. The third kappa shape index (κ3) is 39.5. The van der Waals surface area contributed by atoms with Crippen LogP contribution in [0.4, 0.5) is 0 Å². The summed E-state index contributed by atoms with van der Waals surface area (Å²) >= 11 is 0. The molecule has 0 spiro atoms. The summed E-state index contributed by atoms with van der Waals surface area (Å²) in [5.41, 5.74) is 0. The number of rotatable bonds is 50. The molecular weight excluding hydrogens is 932 g/mol. The zero-order chi connectivity index (χ0) is 52.6. The van der Waals surface area contributed by atoms with Gasteiger partial charge in [-0.05, 0) is 77.0 Å². The van der Waals surface area contributed by atoms with E-state index < -0.39 is 63.1 Å². The number of phosphoric acid groups is 1. The number of ether oxygens (including phenoxy) is 2. The molecule has 72 heavy (non-hydrogen) atoms. The van der Waals surface area contributed by atoms with Gasteiger partial charge < -0.3 is 39.9 Å². The van der Waals surface area contributed by atoms with Crippen LogP contribution in [-0.2, 0) is 27.9 Å². The molecule has 420 valence electrons. The summed E-state index contributed by atoms with van der Waals surface area (Å²) in [7, 11) is -5.03. The average Bonchev–Trinajstić information content (AvgIpc) is 3.37. The second-order valence-electron chi connectivity index (χ2n) is 20.1. The van der Waals surface area contributed by atoms with Crippen molar-refractivity contribution < 1.29 is 58.3 Å². The van der Waals surface area contributed by atoms with E-state index in [-0.39, 0.29) is 13.0 Å². The molecule has 6 unspecified atom stereocenters. The molecule has 0 radical (unpaired) electrons. The van der Waals surface area contributed by atoms with E-state index in [2.05, 4.69) is 74.6 Å².